The van der Waals surface area contributed by atoms with E-state index in [1.54, 1.807) is 29.5 Å². The van der Waals surface area contributed by atoms with Gasteiger partial charge in [-0.2, -0.15) is 11.3 Å². The zero-order chi connectivity index (χ0) is 13.7. The van der Waals surface area contributed by atoms with Gasteiger partial charge in [0.05, 0.1) is 4.92 Å². The van der Waals surface area contributed by atoms with Gasteiger partial charge < -0.3 is 5.32 Å². The van der Waals surface area contributed by atoms with Gasteiger partial charge in [-0.05, 0) is 35.7 Å². The van der Waals surface area contributed by atoms with Crippen LogP contribution in [0, 0.1) is 10.1 Å². The number of hydrogen-bond acceptors (Lipinski definition) is 4. The van der Waals surface area contributed by atoms with E-state index in [2.05, 4.69) is 29.1 Å². The minimum absolute atomic E-state index is 0.178. The summed E-state index contributed by atoms with van der Waals surface area (Å²) in [5.41, 5.74) is 2.20. The van der Waals surface area contributed by atoms with Crippen LogP contribution in [0.2, 0.25) is 0 Å². The molecule has 0 aliphatic rings. The average molecular weight is 276 g/mol. The van der Waals surface area contributed by atoms with Crippen molar-refractivity contribution in [1.82, 2.24) is 5.32 Å². The molecule has 0 spiro atoms. The van der Waals surface area contributed by atoms with Gasteiger partial charge in [-0.25, -0.2) is 0 Å². The van der Waals surface area contributed by atoms with E-state index in [4.69, 9.17) is 0 Å². The average Bonchev–Trinajstić information content (AvgIpc) is 2.89. The Balaban J connectivity index is 1.93. The lowest BCUT2D eigenvalue weighted by atomic mass is 10.1. The number of benzene rings is 1. The van der Waals surface area contributed by atoms with Crippen LogP contribution >= 0.6 is 11.3 Å². The first-order valence-corrected chi connectivity index (χ1v) is 7.08. The fraction of sp³-hybridized carbons (Fsp3) is 0.286. The van der Waals surface area contributed by atoms with Crippen LogP contribution in [0.25, 0.3) is 0 Å². The number of nitrogens with one attached hydrogen (secondary N) is 1. The lowest BCUT2D eigenvalue weighted by molar-refractivity contribution is -0.385. The molecule has 1 N–H and O–H groups in total. The second-order valence-electron chi connectivity index (χ2n) is 4.50. The second kappa shape index (κ2) is 6.45. The first-order chi connectivity index (χ1) is 9.16. The van der Waals surface area contributed by atoms with Gasteiger partial charge in [0.25, 0.3) is 5.69 Å². The second-order valence-corrected chi connectivity index (χ2v) is 5.28. The van der Waals surface area contributed by atoms with Crippen molar-refractivity contribution in [2.75, 3.05) is 0 Å². The summed E-state index contributed by atoms with van der Waals surface area (Å²) >= 11 is 1.69. The molecule has 0 amide bonds. The van der Waals surface area contributed by atoms with Crippen molar-refractivity contribution in [3.63, 3.8) is 0 Å². The molecule has 19 heavy (non-hydrogen) atoms. The van der Waals surface area contributed by atoms with Crippen LogP contribution in [0.5, 0.6) is 0 Å². The van der Waals surface area contributed by atoms with Crippen LogP contribution in [-0.2, 0) is 13.0 Å². The van der Waals surface area contributed by atoms with E-state index < -0.39 is 0 Å². The summed E-state index contributed by atoms with van der Waals surface area (Å²) in [5.74, 6) is 0. The molecular weight excluding hydrogens is 260 g/mol. The minimum Gasteiger partial charge on any atom is -0.310 e. The molecule has 4 nitrogen and oxygen atoms in total. The van der Waals surface area contributed by atoms with Crippen LogP contribution in [0.15, 0.2) is 41.1 Å². The van der Waals surface area contributed by atoms with Crippen molar-refractivity contribution in [3.8, 4) is 0 Å². The molecule has 5 heteroatoms. The molecule has 0 aliphatic carbocycles. The van der Waals surface area contributed by atoms with Crippen molar-refractivity contribution in [2.45, 2.75) is 25.9 Å². The summed E-state index contributed by atoms with van der Waals surface area (Å²) in [4.78, 5) is 10.6. The molecular formula is C14H16N2O2S. The molecule has 0 fully saturated rings. The highest BCUT2D eigenvalue weighted by atomic mass is 32.1. The van der Waals surface area contributed by atoms with Crippen LogP contribution < -0.4 is 5.32 Å². The van der Waals surface area contributed by atoms with E-state index in [9.17, 15) is 10.1 Å². The number of nitro benzene ring substituents is 1. The van der Waals surface area contributed by atoms with Crippen molar-refractivity contribution in [2.24, 2.45) is 0 Å². The van der Waals surface area contributed by atoms with E-state index in [-0.39, 0.29) is 16.7 Å². The highest BCUT2D eigenvalue weighted by Gasteiger charge is 2.12. The molecule has 2 aromatic rings. The molecule has 1 atom stereocenters. The maximum absolute atomic E-state index is 10.9. The predicted octanol–water partition coefficient (Wildman–Crippen LogP) is 3.38. The lowest BCUT2D eigenvalue weighted by Gasteiger charge is -2.13. The minimum atomic E-state index is -0.333. The summed E-state index contributed by atoms with van der Waals surface area (Å²) in [6.07, 6.45) is 0.935. The predicted molar refractivity (Wildman–Crippen MR) is 77.4 cm³/mol. The molecule has 1 heterocycles. The smallest absolute Gasteiger partial charge is 0.273 e. The standard InChI is InChI=1S/C14H16N2O2S/c1-11(8-12-6-7-19-10-12)15-9-13-4-2-3-5-14(13)16(17)18/h2-7,10-11,15H,8-9H2,1H3. The van der Waals surface area contributed by atoms with Crippen LogP contribution in [0.1, 0.15) is 18.1 Å². The fourth-order valence-corrected chi connectivity index (χ4v) is 2.64. The SMILES string of the molecule is CC(Cc1ccsc1)NCc1ccccc1[N+](=O)[O-]. The molecule has 0 saturated heterocycles. The van der Waals surface area contributed by atoms with Gasteiger partial charge in [-0.15, -0.1) is 0 Å². The molecule has 1 aromatic heterocycles. The van der Waals surface area contributed by atoms with E-state index in [0.717, 1.165) is 12.0 Å². The van der Waals surface area contributed by atoms with Gasteiger partial charge in [-0.3, -0.25) is 10.1 Å². The van der Waals surface area contributed by atoms with Crippen molar-refractivity contribution < 1.29 is 4.92 Å². The maximum atomic E-state index is 10.9. The summed E-state index contributed by atoms with van der Waals surface area (Å²) in [7, 11) is 0. The Morgan fingerprint density at radius 3 is 2.84 bits per heavy atom. The highest BCUT2D eigenvalue weighted by Crippen LogP contribution is 2.17. The molecule has 0 radical (unpaired) electrons. The third-order valence-corrected chi connectivity index (χ3v) is 3.68. The monoisotopic (exact) mass is 276 g/mol. The van der Waals surface area contributed by atoms with Gasteiger partial charge in [0.2, 0.25) is 0 Å². The first kappa shape index (κ1) is 13.7. The quantitative estimate of drug-likeness (QED) is 0.650. The fourth-order valence-electron chi connectivity index (χ4n) is 1.96. The van der Waals surface area contributed by atoms with Crippen LogP contribution in [0.4, 0.5) is 5.69 Å². The normalized spacial score (nSPS) is 12.3. The highest BCUT2D eigenvalue weighted by molar-refractivity contribution is 7.07. The van der Waals surface area contributed by atoms with E-state index in [1.807, 2.05) is 6.07 Å². The molecule has 1 aromatic carbocycles. The van der Waals surface area contributed by atoms with Gasteiger partial charge in [0.15, 0.2) is 0 Å². The Labute approximate surface area is 116 Å². The number of rotatable bonds is 6. The Morgan fingerprint density at radius 2 is 2.16 bits per heavy atom. The number of nitrogens with zero attached hydrogens (tertiary/aromatic N) is 1. The van der Waals surface area contributed by atoms with Crippen LogP contribution in [0.3, 0.4) is 0 Å². The van der Waals surface area contributed by atoms with Crippen molar-refractivity contribution in [1.29, 1.82) is 0 Å². The molecule has 100 valence electrons. The first-order valence-electron chi connectivity index (χ1n) is 6.13. The Kier molecular flexibility index (Phi) is 4.65. The zero-order valence-corrected chi connectivity index (χ0v) is 11.5. The number of nitro groups is 1. The summed E-state index contributed by atoms with van der Waals surface area (Å²) in [6, 6.07) is 9.25. The number of thiophene rings is 1. The summed E-state index contributed by atoms with van der Waals surface area (Å²) in [5, 5.41) is 18.4. The van der Waals surface area contributed by atoms with Gasteiger partial charge >= 0.3 is 0 Å². The van der Waals surface area contributed by atoms with Crippen molar-refractivity contribution >= 4 is 17.0 Å². The molecule has 0 saturated carbocycles. The molecule has 2 rings (SSSR count). The largest absolute Gasteiger partial charge is 0.310 e. The molecule has 0 aliphatic heterocycles. The van der Waals surface area contributed by atoms with E-state index >= 15 is 0 Å². The van der Waals surface area contributed by atoms with E-state index in [0.29, 0.717) is 6.54 Å². The topological polar surface area (TPSA) is 55.2 Å². The maximum Gasteiger partial charge on any atom is 0.273 e. The number of para-hydroxylation sites is 1. The summed E-state index contributed by atoms with van der Waals surface area (Å²) in [6.45, 7) is 2.61. The Bertz CT molecular complexity index is 540. The zero-order valence-electron chi connectivity index (χ0n) is 10.7. The van der Waals surface area contributed by atoms with Gasteiger partial charge in [-0.1, -0.05) is 18.2 Å². The van der Waals surface area contributed by atoms with Gasteiger partial charge in [0.1, 0.15) is 0 Å². The van der Waals surface area contributed by atoms with E-state index in [1.165, 1.54) is 5.56 Å². The van der Waals surface area contributed by atoms with Gasteiger partial charge in [0, 0.05) is 24.2 Å². The summed E-state index contributed by atoms with van der Waals surface area (Å²) < 4.78 is 0. The number of hydrogen-bond donors (Lipinski definition) is 1. The third-order valence-electron chi connectivity index (χ3n) is 2.95. The Hall–Kier alpha value is -1.72. The van der Waals surface area contributed by atoms with Crippen LogP contribution in [-0.4, -0.2) is 11.0 Å². The third kappa shape index (κ3) is 3.87. The molecule has 0 bridgehead atoms. The van der Waals surface area contributed by atoms with Crippen molar-refractivity contribution in [3.05, 3.63) is 62.3 Å². The molecule has 1 unspecified atom stereocenters. The Morgan fingerprint density at radius 1 is 1.37 bits per heavy atom. The lowest BCUT2D eigenvalue weighted by Crippen LogP contribution is -2.27.